The Morgan fingerprint density at radius 3 is 2.41 bits per heavy atom. The Labute approximate surface area is 213 Å². The summed E-state index contributed by atoms with van der Waals surface area (Å²) >= 11 is 5.06. The number of hydrogen-bond acceptors (Lipinski definition) is 5. The predicted molar refractivity (Wildman–Crippen MR) is 141 cm³/mol. The van der Waals surface area contributed by atoms with Gasteiger partial charge in [0, 0.05) is 11.4 Å². The van der Waals surface area contributed by atoms with E-state index < -0.39 is 10.0 Å². The molecule has 0 heterocycles. The minimum atomic E-state index is -4.00. The fourth-order valence-corrected chi connectivity index (χ4v) is 6.17. The highest BCUT2D eigenvalue weighted by molar-refractivity contribution is 9.10. The molecule has 180 valence electrons. The Balaban J connectivity index is 1.70. The molecule has 0 atom stereocenters. The van der Waals surface area contributed by atoms with Gasteiger partial charge >= 0.3 is 0 Å². The Kier molecular flexibility index (Phi) is 9.44. The Morgan fingerprint density at radius 1 is 1.06 bits per heavy atom. The second-order valence-corrected chi connectivity index (χ2v) is 11.4. The molecule has 0 saturated carbocycles. The maximum Gasteiger partial charge on any atom is 0.264 e. The molecule has 3 rings (SSSR count). The van der Waals surface area contributed by atoms with Gasteiger partial charge in [-0.15, -0.1) is 11.8 Å². The zero-order valence-corrected chi connectivity index (χ0v) is 22.3. The second kappa shape index (κ2) is 12.3. The van der Waals surface area contributed by atoms with Crippen LogP contribution >= 0.6 is 27.7 Å². The van der Waals surface area contributed by atoms with E-state index in [1.807, 2.05) is 49.4 Å². The fraction of sp³-hybridized carbons (Fsp3) is 0.240. The summed E-state index contributed by atoms with van der Waals surface area (Å²) in [5.41, 5.74) is 1.42. The van der Waals surface area contributed by atoms with Crippen molar-refractivity contribution in [3.8, 4) is 5.75 Å². The molecule has 0 aliphatic carbocycles. The summed E-state index contributed by atoms with van der Waals surface area (Å²) in [6.45, 7) is 2.07. The van der Waals surface area contributed by atoms with Crippen molar-refractivity contribution in [2.75, 3.05) is 30.3 Å². The van der Waals surface area contributed by atoms with Crippen LogP contribution in [-0.2, 0) is 14.8 Å². The van der Waals surface area contributed by atoms with Gasteiger partial charge in [-0.05, 0) is 77.5 Å². The molecule has 3 aromatic rings. The van der Waals surface area contributed by atoms with Crippen molar-refractivity contribution in [1.82, 2.24) is 5.32 Å². The van der Waals surface area contributed by atoms with Crippen molar-refractivity contribution >= 4 is 49.3 Å². The normalized spacial score (nSPS) is 11.1. The monoisotopic (exact) mass is 562 g/mol. The first-order chi connectivity index (χ1) is 16.3. The standard InChI is InChI=1S/C25H27BrN2O4S2/c1-19-9-11-20(12-10-19)28(34(30,31)22-13-14-24(32-2)23(26)17-22)18-25(29)27-15-6-16-33-21-7-4-3-5-8-21/h3-5,7-14,17H,6,15-16,18H2,1-2H3,(H,27,29). The quantitative estimate of drug-likeness (QED) is 0.255. The van der Waals surface area contributed by atoms with Gasteiger partial charge in [-0.1, -0.05) is 35.9 Å². The van der Waals surface area contributed by atoms with Crippen LogP contribution in [0, 0.1) is 6.92 Å². The van der Waals surface area contributed by atoms with Gasteiger partial charge in [0.1, 0.15) is 12.3 Å². The largest absolute Gasteiger partial charge is 0.496 e. The zero-order valence-electron chi connectivity index (χ0n) is 19.0. The molecule has 34 heavy (non-hydrogen) atoms. The van der Waals surface area contributed by atoms with Crippen LogP contribution in [0.5, 0.6) is 5.75 Å². The lowest BCUT2D eigenvalue weighted by Gasteiger charge is -2.24. The van der Waals surface area contributed by atoms with E-state index in [4.69, 9.17) is 4.74 Å². The maximum absolute atomic E-state index is 13.5. The number of nitrogens with one attached hydrogen (secondary N) is 1. The molecule has 0 radical (unpaired) electrons. The van der Waals surface area contributed by atoms with E-state index in [2.05, 4.69) is 21.2 Å². The third kappa shape index (κ3) is 7.01. The third-order valence-electron chi connectivity index (χ3n) is 4.98. The van der Waals surface area contributed by atoms with Crippen LogP contribution in [0.15, 0.2) is 87.1 Å². The highest BCUT2D eigenvalue weighted by atomic mass is 79.9. The van der Waals surface area contributed by atoms with Crippen LogP contribution in [-0.4, -0.2) is 40.3 Å². The molecule has 1 N–H and O–H groups in total. The fourth-order valence-electron chi connectivity index (χ4n) is 3.15. The number of carbonyl (C=O) groups excluding carboxylic acids is 1. The first kappa shape index (κ1) is 26.1. The third-order valence-corrected chi connectivity index (χ3v) is 8.46. The number of anilines is 1. The van der Waals surface area contributed by atoms with Crippen LogP contribution in [0.4, 0.5) is 5.69 Å². The molecule has 3 aromatic carbocycles. The number of rotatable bonds is 11. The van der Waals surface area contributed by atoms with Crippen molar-refractivity contribution in [1.29, 1.82) is 0 Å². The second-order valence-electron chi connectivity index (χ2n) is 7.51. The average Bonchev–Trinajstić information content (AvgIpc) is 2.83. The number of hydrogen-bond donors (Lipinski definition) is 1. The summed E-state index contributed by atoms with van der Waals surface area (Å²) in [6.07, 6.45) is 0.772. The molecule has 0 fully saturated rings. The van der Waals surface area contributed by atoms with Gasteiger partial charge in [0.2, 0.25) is 5.91 Å². The predicted octanol–water partition coefficient (Wildman–Crippen LogP) is 5.26. The molecule has 0 spiro atoms. The molecule has 6 nitrogen and oxygen atoms in total. The highest BCUT2D eigenvalue weighted by Gasteiger charge is 2.28. The Bertz CT molecular complexity index is 1200. The van der Waals surface area contributed by atoms with Gasteiger partial charge in [0.05, 0.1) is 22.2 Å². The molecule has 0 aliphatic heterocycles. The van der Waals surface area contributed by atoms with Gasteiger partial charge in [0.15, 0.2) is 0 Å². The van der Waals surface area contributed by atoms with E-state index in [1.54, 1.807) is 30.0 Å². The number of thioether (sulfide) groups is 1. The number of benzene rings is 3. The highest BCUT2D eigenvalue weighted by Crippen LogP contribution is 2.30. The molecule has 1 amide bonds. The van der Waals surface area contributed by atoms with Gasteiger partial charge < -0.3 is 10.1 Å². The van der Waals surface area contributed by atoms with Crippen LogP contribution in [0.1, 0.15) is 12.0 Å². The van der Waals surface area contributed by atoms with Crippen molar-refractivity contribution in [3.63, 3.8) is 0 Å². The Morgan fingerprint density at radius 2 is 1.76 bits per heavy atom. The molecular weight excluding hydrogens is 536 g/mol. The lowest BCUT2D eigenvalue weighted by molar-refractivity contribution is -0.119. The van der Waals surface area contributed by atoms with Gasteiger partial charge in [0.25, 0.3) is 10.0 Å². The average molecular weight is 564 g/mol. The zero-order chi connectivity index (χ0) is 24.6. The van der Waals surface area contributed by atoms with Crippen molar-refractivity contribution in [2.45, 2.75) is 23.1 Å². The molecule has 0 unspecified atom stereocenters. The summed E-state index contributed by atoms with van der Waals surface area (Å²) in [5, 5.41) is 2.85. The number of halogens is 1. The first-order valence-electron chi connectivity index (χ1n) is 10.7. The number of methoxy groups -OCH3 is 1. The lowest BCUT2D eigenvalue weighted by atomic mass is 10.2. The molecule has 0 aromatic heterocycles. The van der Waals surface area contributed by atoms with E-state index in [1.165, 1.54) is 24.1 Å². The van der Waals surface area contributed by atoms with Crippen molar-refractivity contribution < 1.29 is 17.9 Å². The van der Waals surface area contributed by atoms with E-state index >= 15 is 0 Å². The van der Waals surface area contributed by atoms with Crippen molar-refractivity contribution in [3.05, 3.63) is 82.8 Å². The summed E-state index contributed by atoms with van der Waals surface area (Å²) in [6, 6.07) is 21.6. The molecule has 0 aliphatic rings. The van der Waals surface area contributed by atoms with E-state index in [9.17, 15) is 13.2 Å². The van der Waals surface area contributed by atoms with Gasteiger partial charge in [-0.2, -0.15) is 0 Å². The van der Waals surface area contributed by atoms with Crippen LogP contribution in [0.25, 0.3) is 0 Å². The first-order valence-corrected chi connectivity index (χ1v) is 13.9. The molecule has 0 saturated heterocycles. The number of sulfonamides is 1. The number of carbonyl (C=O) groups is 1. The number of ether oxygens (including phenoxy) is 1. The number of amides is 1. The summed E-state index contributed by atoms with van der Waals surface area (Å²) in [7, 11) is -2.49. The van der Waals surface area contributed by atoms with Crippen LogP contribution in [0.2, 0.25) is 0 Å². The summed E-state index contributed by atoms with van der Waals surface area (Å²) in [5.74, 6) is 1.01. The maximum atomic E-state index is 13.5. The number of nitrogens with zero attached hydrogens (tertiary/aromatic N) is 1. The lowest BCUT2D eigenvalue weighted by Crippen LogP contribution is -2.41. The number of aryl methyl sites for hydroxylation is 1. The van der Waals surface area contributed by atoms with E-state index in [0.29, 0.717) is 22.5 Å². The summed E-state index contributed by atoms with van der Waals surface area (Å²) < 4.78 is 33.9. The van der Waals surface area contributed by atoms with Crippen molar-refractivity contribution in [2.24, 2.45) is 0 Å². The van der Waals surface area contributed by atoms with E-state index in [-0.39, 0.29) is 17.3 Å². The van der Waals surface area contributed by atoms with Crippen LogP contribution in [0.3, 0.4) is 0 Å². The van der Waals surface area contributed by atoms with Gasteiger partial charge in [-0.25, -0.2) is 8.42 Å². The molecular formula is C25H27BrN2O4S2. The van der Waals surface area contributed by atoms with Gasteiger partial charge in [-0.3, -0.25) is 9.10 Å². The Hall–Kier alpha value is -2.49. The minimum absolute atomic E-state index is 0.0628. The molecule has 9 heteroatoms. The smallest absolute Gasteiger partial charge is 0.264 e. The topological polar surface area (TPSA) is 75.7 Å². The molecule has 0 bridgehead atoms. The van der Waals surface area contributed by atoms with E-state index in [0.717, 1.165) is 22.0 Å². The summed E-state index contributed by atoms with van der Waals surface area (Å²) in [4.78, 5) is 14.0. The minimum Gasteiger partial charge on any atom is -0.496 e. The van der Waals surface area contributed by atoms with Crippen LogP contribution < -0.4 is 14.4 Å². The SMILES string of the molecule is COc1ccc(S(=O)(=O)N(CC(=O)NCCCSc2ccccc2)c2ccc(C)cc2)cc1Br.